The summed E-state index contributed by atoms with van der Waals surface area (Å²) < 4.78 is 0.752. The molecule has 1 aliphatic heterocycles. The lowest BCUT2D eigenvalue weighted by Gasteiger charge is -2.23. The van der Waals surface area contributed by atoms with Gasteiger partial charge in [-0.25, -0.2) is 0 Å². The molecule has 0 saturated carbocycles. The molecule has 3 nitrogen and oxygen atoms in total. The maximum Gasteiger partial charge on any atom is 0.228 e. The molecule has 1 amide bonds. The smallest absolute Gasteiger partial charge is 0.228 e. The summed E-state index contributed by atoms with van der Waals surface area (Å²) in [5.74, 6) is 0.219. The zero-order valence-electron chi connectivity index (χ0n) is 12.1. The van der Waals surface area contributed by atoms with Crippen LogP contribution in [0.2, 0.25) is 0 Å². The number of carbonyl (C=O) groups is 1. The van der Waals surface area contributed by atoms with Crippen molar-refractivity contribution >= 4 is 40.8 Å². The number of thiophene rings is 1. The number of nitrogens with zero attached hydrogens (tertiary/aromatic N) is 1. The third-order valence-electron chi connectivity index (χ3n) is 3.90. The van der Waals surface area contributed by atoms with Gasteiger partial charge < -0.3 is 9.88 Å². The molecule has 1 aliphatic rings. The fraction of sp³-hybridized carbons (Fsp3) is 0.467. The number of aromatic amines is 1. The summed E-state index contributed by atoms with van der Waals surface area (Å²) in [6.45, 7) is 4.97. The van der Waals surface area contributed by atoms with Crippen LogP contribution in [0, 0.1) is 17.8 Å². The maximum absolute atomic E-state index is 12.7. The summed E-state index contributed by atoms with van der Waals surface area (Å²) in [5.41, 5.74) is 1.03. The van der Waals surface area contributed by atoms with Crippen molar-refractivity contribution in [2.24, 2.45) is 0 Å². The predicted octanol–water partition coefficient (Wildman–Crippen LogP) is 4.39. The Bertz CT molecular complexity index is 713. The van der Waals surface area contributed by atoms with Crippen LogP contribution < -0.4 is 0 Å². The van der Waals surface area contributed by atoms with E-state index < -0.39 is 0 Å². The van der Waals surface area contributed by atoms with Crippen LogP contribution in [0.1, 0.15) is 39.2 Å². The first-order valence-corrected chi connectivity index (χ1v) is 9.13. The number of hydrogen-bond acceptors (Lipinski definition) is 4. The number of H-pyrrole nitrogens is 1. The minimum absolute atomic E-state index is 0.219. The van der Waals surface area contributed by atoms with Crippen molar-refractivity contribution in [3.8, 4) is 0 Å². The van der Waals surface area contributed by atoms with E-state index in [1.807, 2.05) is 11.8 Å². The van der Waals surface area contributed by atoms with Gasteiger partial charge in [0.25, 0.3) is 0 Å². The van der Waals surface area contributed by atoms with Gasteiger partial charge in [-0.1, -0.05) is 0 Å². The molecule has 1 saturated heterocycles. The van der Waals surface area contributed by atoms with Gasteiger partial charge in [0.15, 0.2) is 3.95 Å². The molecule has 1 unspecified atom stereocenters. The Morgan fingerprint density at radius 1 is 1.43 bits per heavy atom. The Kier molecular flexibility index (Phi) is 4.28. The molecule has 112 valence electrons. The molecule has 1 fully saturated rings. The molecule has 0 aromatic carbocycles. The molecule has 0 radical (unpaired) electrons. The van der Waals surface area contributed by atoms with Crippen molar-refractivity contribution in [1.29, 1.82) is 0 Å². The molecule has 3 heterocycles. The van der Waals surface area contributed by atoms with Crippen LogP contribution in [-0.4, -0.2) is 22.3 Å². The van der Waals surface area contributed by atoms with E-state index in [-0.39, 0.29) is 11.9 Å². The van der Waals surface area contributed by atoms with Crippen LogP contribution in [0.3, 0.4) is 0 Å². The summed E-state index contributed by atoms with van der Waals surface area (Å²) >= 11 is 8.47. The van der Waals surface area contributed by atoms with Gasteiger partial charge >= 0.3 is 0 Å². The number of amides is 1. The fourth-order valence-corrected chi connectivity index (χ4v) is 5.15. The Labute approximate surface area is 137 Å². The Morgan fingerprint density at radius 3 is 2.86 bits per heavy atom. The summed E-state index contributed by atoms with van der Waals surface area (Å²) in [7, 11) is 0. The van der Waals surface area contributed by atoms with E-state index in [0.717, 1.165) is 33.9 Å². The van der Waals surface area contributed by atoms with Crippen molar-refractivity contribution < 1.29 is 4.79 Å². The van der Waals surface area contributed by atoms with Gasteiger partial charge in [0.05, 0.1) is 12.5 Å². The van der Waals surface area contributed by atoms with E-state index in [2.05, 4.69) is 24.0 Å². The molecule has 0 spiro atoms. The summed E-state index contributed by atoms with van der Waals surface area (Å²) in [4.78, 5) is 21.5. The average Bonchev–Trinajstić information content (AvgIpc) is 3.10. The number of carbonyl (C=O) groups excluding carboxylic acids is 1. The Balaban J connectivity index is 1.77. The number of thiazole rings is 1. The molecule has 2 aromatic rings. The second kappa shape index (κ2) is 6.02. The lowest BCUT2D eigenvalue weighted by atomic mass is 10.1. The van der Waals surface area contributed by atoms with Gasteiger partial charge in [-0.2, -0.15) is 0 Å². The van der Waals surface area contributed by atoms with Crippen LogP contribution in [0.5, 0.6) is 0 Å². The summed E-state index contributed by atoms with van der Waals surface area (Å²) in [6, 6.07) is 4.58. The molecule has 0 bridgehead atoms. The third kappa shape index (κ3) is 3.12. The quantitative estimate of drug-likeness (QED) is 0.843. The number of rotatable bonds is 3. The second-order valence-electron chi connectivity index (χ2n) is 5.43. The monoisotopic (exact) mass is 338 g/mol. The lowest BCUT2D eigenvalue weighted by molar-refractivity contribution is -0.131. The topological polar surface area (TPSA) is 36.1 Å². The molecule has 2 aromatic heterocycles. The van der Waals surface area contributed by atoms with Crippen LogP contribution in [0.25, 0.3) is 0 Å². The number of aryl methyl sites for hydroxylation is 2. The van der Waals surface area contributed by atoms with Crippen molar-refractivity contribution in [1.82, 2.24) is 9.88 Å². The maximum atomic E-state index is 12.7. The number of hydrogen-bond donors (Lipinski definition) is 1. The molecule has 6 heteroatoms. The highest BCUT2D eigenvalue weighted by Crippen LogP contribution is 2.36. The molecule has 3 rings (SSSR count). The van der Waals surface area contributed by atoms with Crippen molar-refractivity contribution in [2.75, 3.05) is 6.54 Å². The molecular formula is C15H18N2OS3. The highest BCUT2D eigenvalue weighted by molar-refractivity contribution is 7.73. The normalized spacial score (nSPS) is 18.4. The van der Waals surface area contributed by atoms with Crippen LogP contribution in [-0.2, 0) is 11.2 Å². The van der Waals surface area contributed by atoms with E-state index in [1.54, 1.807) is 11.3 Å². The highest BCUT2D eigenvalue weighted by atomic mass is 32.1. The van der Waals surface area contributed by atoms with Crippen LogP contribution >= 0.6 is 34.9 Å². The molecule has 1 N–H and O–H groups in total. The van der Waals surface area contributed by atoms with E-state index in [9.17, 15) is 4.79 Å². The van der Waals surface area contributed by atoms with E-state index in [1.165, 1.54) is 21.1 Å². The Hall–Kier alpha value is -0.980. The minimum Gasteiger partial charge on any atom is -0.341 e. The zero-order chi connectivity index (χ0) is 15.0. The predicted molar refractivity (Wildman–Crippen MR) is 90.7 cm³/mol. The molecule has 1 atom stereocenters. The van der Waals surface area contributed by atoms with Gasteiger partial charge in [0, 0.05) is 26.9 Å². The van der Waals surface area contributed by atoms with E-state index >= 15 is 0 Å². The Morgan fingerprint density at radius 2 is 2.24 bits per heavy atom. The third-order valence-corrected chi connectivity index (χ3v) is 6.34. The van der Waals surface area contributed by atoms with Crippen molar-refractivity contribution in [3.05, 3.63) is 36.4 Å². The van der Waals surface area contributed by atoms with Gasteiger partial charge in [0.1, 0.15) is 0 Å². The van der Waals surface area contributed by atoms with E-state index in [0.29, 0.717) is 6.42 Å². The van der Waals surface area contributed by atoms with Crippen LogP contribution in [0.4, 0.5) is 0 Å². The lowest BCUT2D eigenvalue weighted by Crippen LogP contribution is -2.31. The fourth-order valence-electron chi connectivity index (χ4n) is 2.84. The minimum atomic E-state index is 0.219. The molecule has 21 heavy (non-hydrogen) atoms. The SMILES string of the molecule is Cc1ccc(C2CCCN2C(=O)Cc2sc(=S)[nH]c2C)s1. The highest BCUT2D eigenvalue weighted by Gasteiger charge is 2.31. The first kappa shape index (κ1) is 14.9. The molecular weight excluding hydrogens is 320 g/mol. The number of nitrogens with one attached hydrogen (secondary N) is 1. The number of aromatic nitrogens is 1. The summed E-state index contributed by atoms with van der Waals surface area (Å²) in [5, 5.41) is 0. The van der Waals surface area contributed by atoms with E-state index in [4.69, 9.17) is 12.2 Å². The first-order valence-electron chi connectivity index (χ1n) is 7.09. The largest absolute Gasteiger partial charge is 0.341 e. The summed E-state index contributed by atoms with van der Waals surface area (Å²) in [6.07, 6.45) is 2.63. The molecule has 0 aliphatic carbocycles. The average molecular weight is 339 g/mol. The number of likely N-dealkylation sites (tertiary alicyclic amines) is 1. The first-order chi connectivity index (χ1) is 10.0. The van der Waals surface area contributed by atoms with Crippen molar-refractivity contribution in [2.45, 2.75) is 39.2 Å². The van der Waals surface area contributed by atoms with Gasteiger partial charge in [0.2, 0.25) is 5.91 Å². The van der Waals surface area contributed by atoms with Gasteiger partial charge in [-0.05, 0) is 51.0 Å². The second-order valence-corrected chi connectivity index (χ2v) is 8.52. The standard InChI is InChI=1S/C15H18N2OS3/c1-9-5-6-12(20-9)11-4-3-7-17(11)14(18)8-13-10(2)16-15(19)21-13/h5-6,11H,3-4,7-8H2,1-2H3,(H,16,19). The zero-order valence-corrected chi connectivity index (χ0v) is 14.6. The van der Waals surface area contributed by atoms with Crippen molar-refractivity contribution in [3.63, 3.8) is 0 Å². The van der Waals surface area contributed by atoms with Gasteiger partial charge in [-0.15, -0.1) is 22.7 Å². The van der Waals surface area contributed by atoms with Crippen LogP contribution in [0.15, 0.2) is 12.1 Å². The van der Waals surface area contributed by atoms with Gasteiger partial charge in [-0.3, -0.25) is 4.79 Å².